The van der Waals surface area contributed by atoms with Crippen molar-refractivity contribution >= 4 is 22.4 Å². The zero-order chi connectivity index (χ0) is 16.7. The van der Waals surface area contributed by atoms with Crippen LogP contribution in [-0.4, -0.2) is 4.98 Å². The number of nitrogens with zero attached hydrogens (tertiary/aromatic N) is 2. The van der Waals surface area contributed by atoms with Crippen LogP contribution in [0.25, 0.3) is 10.8 Å². The van der Waals surface area contributed by atoms with Crippen LogP contribution in [0, 0.1) is 11.3 Å². The van der Waals surface area contributed by atoms with E-state index in [0.717, 1.165) is 17.2 Å². The van der Waals surface area contributed by atoms with Crippen LogP contribution in [0.15, 0.2) is 71.3 Å². The Balaban J connectivity index is 2.35. The van der Waals surface area contributed by atoms with Gasteiger partial charge in [0, 0.05) is 28.4 Å². The molecular formula is C19H17ClN2O. The molecule has 0 aliphatic rings. The summed E-state index contributed by atoms with van der Waals surface area (Å²) >= 11 is 6.15. The summed E-state index contributed by atoms with van der Waals surface area (Å²) < 4.78 is 5.89. The van der Waals surface area contributed by atoms with Gasteiger partial charge in [-0.1, -0.05) is 30.7 Å². The molecule has 2 rings (SSSR count). The Morgan fingerprint density at radius 1 is 1.30 bits per heavy atom. The summed E-state index contributed by atoms with van der Waals surface area (Å²) in [6, 6.07) is 9.78. The number of rotatable bonds is 5. The SMILES string of the molecule is CC/C=C(Cl)/C=C(\C=C(/C)C#N)Oc1ccc2ccncc2c1. The van der Waals surface area contributed by atoms with Gasteiger partial charge in [-0.05, 0) is 49.1 Å². The molecule has 1 aromatic carbocycles. The number of benzene rings is 1. The molecular weight excluding hydrogens is 308 g/mol. The molecule has 0 aliphatic heterocycles. The number of ether oxygens (including phenoxy) is 1. The minimum absolute atomic E-state index is 0.516. The molecule has 0 bridgehead atoms. The first kappa shape index (κ1) is 16.8. The van der Waals surface area contributed by atoms with E-state index >= 15 is 0 Å². The molecule has 3 nitrogen and oxygen atoms in total. The van der Waals surface area contributed by atoms with Gasteiger partial charge in [0.15, 0.2) is 0 Å². The second kappa shape index (κ2) is 8.17. The normalized spacial score (nSPS) is 13.0. The van der Waals surface area contributed by atoms with Crippen LogP contribution < -0.4 is 4.74 Å². The summed E-state index contributed by atoms with van der Waals surface area (Å²) in [5.74, 6) is 1.18. The first-order chi connectivity index (χ1) is 11.1. The minimum Gasteiger partial charge on any atom is -0.457 e. The lowest BCUT2D eigenvalue weighted by molar-refractivity contribution is 0.444. The summed E-state index contributed by atoms with van der Waals surface area (Å²) in [4.78, 5) is 4.11. The van der Waals surface area contributed by atoms with E-state index in [-0.39, 0.29) is 0 Å². The van der Waals surface area contributed by atoms with Crippen molar-refractivity contribution in [1.29, 1.82) is 5.26 Å². The van der Waals surface area contributed by atoms with E-state index in [4.69, 9.17) is 21.6 Å². The lowest BCUT2D eigenvalue weighted by atomic mass is 10.2. The highest BCUT2D eigenvalue weighted by molar-refractivity contribution is 6.31. The van der Waals surface area contributed by atoms with Crippen molar-refractivity contribution in [1.82, 2.24) is 4.98 Å². The first-order valence-electron chi connectivity index (χ1n) is 7.29. The first-order valence-corrected chi connectivity index (χ1v) is 7.67. The number of pyridine rings is 1. The Hall–Kier alpha value is -2.57. The highest BCUT2D eigenvalue weighted by atomic mass is 35.5. The third kappa shape index (κ3) is 4.98. The van der Waals surface area contributed by atoms with E-state index in [0.29, 0.717) is 22.1 Å². The predicted octanol–water partition coefficient (Wildman–Crippen LogP) is 5.50. The van der Waals surface area contributed by atoms with Gasteiger partial charge in [-0.15, -0.1) is 0 Å². The van der Waals surface area contributed by atoms with Crippen LogP contribution in [0.3, 0.4) is 0 Å². The highest BCUT2D eigenvalue weighted by Gasteiger charge is 2.03. The van der Waals surface area contributed by atoms with E-state index < -0.39 is 0 Å². The second-order valence-electron chi connectivity index (χ2n) is 4.97. The molecule has 0 radical (unpaired) electrons. The molecule has 23 heavy (non-hydrogen) atoms. The molecule has 1 aromatic heterocycles. The van der Waals surface area contributed by atoms with Gasteiger partial charge in [0.25, 0.3) is 0 Å². The lowest BCUT2D eigenvalue weighted by Gasteiger charge is -2.08. The Morgan fingerprint density at radius 2 is 2.13 bits per heavy atom. The van der Waals surface area contributed by atoms with Crippen LogP contribution in [0.5, 0.6) is 5.75 Å². The molecule has 116 valence electrons. The monoisotopic (exact) mass is 324 g/mol. The van der Waals surface area contributed by atoms with Gasteiger partial charge in [0.05, 0.1) is 6.07 Å². The quantitative estimate of drug-likeness (QED) is 0.414. The van der Waals surface area contributed by atoms with Crippen molar-refractivity contribution in [2.75, 3.05) is 0 Å². The number of hydrogen-bond acceptors (Lipinski definition) is 3. The minimum atomic E-state index is 0.516. The fourth-order valence-electron chi connectivity index (χ4n) is 2.00. The van der Waals surface area contributed by atoms with Gasteiger partial charge in [-0.3, -0.25) is 4.98 Å². The average Bonchev–Trinajstić information content (AvgIpc) is 2.54. The average molecular weight is 325 g/mol. The van der Waals surface area contributed by atoms with E-state index in [9.17, 15) is 0 Å². The topological polar surface area (TPSA) is 45.9 Å². The fraction of sp³-hybridized carbons (Fsp3) is 0.158. The highest BCUT2D eigenvalue weighted by Crippen LogP contribution is 2.23. The summed E-state index contributed by atoms with van der Waals surface area (Å²) in [6.07, 6.45) is 9.61. The Bertz CT molecular complexity index is 829. The van der Waals surface area contributed by atoms with E-state index in [1.807, 2.05) is 37.3 Å². The number of halogens is 1. The van der Waals surface area contributed by atoms with Crippen LogP contribution in [0.2, 0.25) is 0 Å². The third-order valence-electron chi connectivity index (χ3n) is 3.06. The van der Waals surface area contributed by atoms with E-state index in [1.54, 1.807) is 31.5 Å². The molecule has 0 aliphatic carbocycles. The standard InChI is InChI=1S/C19H17ClN2O/c1-3-4-17(20)11-19(9-14(2)12-21)23-18-6-5-15-7-8-22-13-16(15)10-18/h4-11,13H,3H2,1-2H3/b14-9+,17-4-,19-11+. The number of aromatic nitrogens is 1. The third-order valence-corrected chi connectivity index (χ3v) is 3.33. The zero-order valence-corrected chi connectivity index (χ0v) is 13.8. The van der Waals surface area contributed by atoms with Crippen LogP contribution in [-0.2, 0) is 0 Å². The largest absolute Gasteiger partial charge is 0.457 e. The van der Waals surface area contributed by atoms with Crippen LogP contribution in [0.1, 0.15) is 20.3 Å². The smallest absolute Gasteiger partial charge is 0.129 e. The Labute approximate surface area is 141 Å². The van der Waals surface area contributed by atoms with Crippen molar-refractivity contribution in [3.05, 3.63) is 71.3 Å². The molecule has 0 saturated heterocycles. The maximum Gasteiger partial charge on any atom is 0.129 e. The second-order valence-corrected chi connectivity index (χ2v) is 5.41. The molecule has 0 N–H and O–H groups in total. The van der Waals surface area contributed by atoms with Gasteiger partial charge in [-0.2, -0.15) is 5.26 Å². The lowest BCUT2D eigenvalue weighted by Crippen LogP contribution is -1.94. The Morgan fingerprint density at radius 3 is 2.87 bits per heavy atom. The van der Waals surface area contributed by atoms with E-state index in [1.165, 1.54) is 0 Å². The molecule has 0 fully saturated rings. The van der Waals surface area contributed by atoms with Gasteiger partial charge < -0.3 is 4.74 Å². The van der Waals surface area contributed by atoms with Crippen LogP contribution in [0.4, 0.5) is 0 Å². The summed E-state index contributed by atoms with van der Waals surface area (Å²) in [5, 5.41) is 11.6. The number of fused-ring (bicyclic) bond motifs is 1. The molecule has 0 spiro atoms. The molecule has 0 saturated carbocycles. The van der Waals surface area contributed by atoms with E-state index in [2.05, 4.69) is 11.1 Å². The number of allylic oxidation sites excluding steroid dienone is 5. The van der Waals surface area contributed by atoms with Gasteiger partial charge in [0.1, 0.15) is 11.5 Å². The van der Waals surface area contributed by atoms with Crippen molar-refractivity contribution in [2.24, 2.45) is 0 Å². The van der Waals surface area contributed by atoms with Crippen molar-refractivity contribution in [3.63, 3.8) is 0 Å². The summed E-state index contributed by atoms with van der Waals surface area (Å²) in [7, 11) is 0. The number of hydrogen-bond donors (Lipinski definition) is 0. The molecule has 0 amide bonds. The van der Waals surface area contributed by atoms with Crippen LogP contribution >= 0.6 is 11.6 Å². The molecule has 0 unspecified atom stereocenters. The summed E-state index contributed by atoms with van der Waals surface area (Å²) in [5.41, 5.74) is 0.541. The van der Waals surface area contributed by atoms with Gasteiger partial charge in [0.2, 0.25) is 0 Å². The zero-order valence-electron chi connectivity index (χ0n) is 13.1. The maximum absolute atomic E-state index is 8.97. The van der Waals surface area contributed by atoms with Crippen molar-refractivity contribution in [2.45, 2.75) is 20.3 Å². The summed E-state index contributed by atoms with van der Waals surface area (Å²) in [6.45, 7) is 3.72. The molecule has 1 heterocycles. The van der Waals surface area contributed by atoms with Gasteiger partial charge in [-0.25, -0.2) is 0 Å². The predicted molar refractivity (Wildman–Crippen MR) is 94.1 cm³/mol. The van der Waals surface area contributed by atoms with Gasteiger partial charge >= 0.3 is 0 Å². The molecule has 0 atom stereocenters. The fourth-order valence-corrected chi connectivity index (χ4v) is 2.26. The van der Waals surface area contributed by atoms with Crippen molar-refractivity contribution in [3.8, 4) is 11.8 Å². The van der Waals surface area contributed by atoms with Crippen molar-refractivity contribution < 1.29 is 4.74 Å². The molecule has 4 heteroatoms. The number of nitriles is 1. The maximum atomic E-state index is 8.97. The molecule has 2 aromatic rings. The Kier molecular flexibility index (Phi) is 5.96.